The number of carbonyl (C=O) groups is 2. The van der Waals surface area contributed by atoms with Gasteiger partial charge in [-0.2, -0.15) is 0 Å². The zero-order chi connectivity index (χ0) is 13.3. The van der Waals surface area contributed by atoms with Crippen LogP contribution >= 0.6 is 0 Å². The molecular weight excluding hydrogens is 234 g/mol. The lowest BCUT2D eigenvalue weighted by molar-refractivity contribution is 0.0693. The number of carboxylic acid groups (broad SMARTS) is 1. The second kappa shape index (κ2) is 4.52. The number of aldehydes is 1. The molecule has 2 aromatic heterocycles. The highest BCUT2D eigenvalue weighted by Crippen LogP contribution is 2.29. The van der Waals surface area contributed by atoms with Crippen molar-refractivity contribution in [1.29, 1.82) is 0 Å². The van der Waals surface area contributed by atoms with Gasteiger partial charge in [0.05, 0.1) is 17.0 Å². The van der Waals surface area contributed by atoms with Crippen molar-refractivity contribution in [3.05, 3.63) is 34.7 Å². The minimum atomic E-state index is -1.11. The Balaban J connectivity index is 2.68. The average molecular weight is 247 g/mol. The summed E-state index contributed by atoms with van der Waals surface area (Å²) < 4.78 is 5.46. The van der Waals surface area contributed by atoms with E-state index in [-0.39, 0.29) is 11.3 Å². The van der Waals surface area contributed by atoms with E-state index in [9.17, 15) is 9.59 Å². The van der Waals surface area contributed by atoms with Gasteiger partial charge in [-0.15, -0.1) is 0 Å². The highest BCUT2D eigenvalue weighted by atomic mass is 16.4. The van der Waals surface area contributed by atoms with E-state index >= 15 is 0 Å². The maximum absolute atomic E-state index is 11.2. The van der Waals surface area contributed by atoms with Crippen molar-refractivity contribution in [2.24, 2.45) is 0 Å². The Morgan fingerprint density at radius 2 is 2.22 bits per heavy atom. The third-order valence-corrected chi connectivity index (χ3v) is 2.80. The summed E-state index contributed by atoms with van der Waals surface area (Å²) in [6, 6.07) is 3.54. The lowest BCUT2D eigenvalue weighted by Gasteiger charge is -1.99. The molecule has 0 saturated carbocycles. The van der Waals surface area contributed by atoms with Crippen LogP contribution in [0.1, 0.15) is 39.1 Å². The first-order valence-electron chi connectivity index (χ1n) is 5.58. The molecule has 18 heavy (non-hydrogen) atoms. The molecule has 0 aliphatic rings. The number of carbonyl (C=O) groups excluding carboxylic acids is 1. The molecule has 0 saturated heterocycles. The molecule has 0 radical (unpaired) electrons. The summed E-state index contributed by atoms with van der Waals surface area (Å²) in [7, 11) is 0. The molecule has 0 bridgehead atoms. The lowest BCUT2D eigenvalue weighted by Crippen LogP contribution is -2.02. The molecule has 0 unspecified atom stereocenters. The van der Waals surface area contributed by atoms with Gasteiger partial charge in [0.25, 0.3) is 0 Å². The summed E-state index contributed by atoms with van der Waals surface area (Å²) in [6.45, 7) is 3.64. The topological polar surface area (TPSA) is 83.3 Å². The first kappa shape index (κ1) is 12.2. The minimum Gasteiger partial charge on any atom is -0.478 e. The van der Waals surface area contributed by atoms with Crippen LogP contribution in [0, 0.1) is 6.92 Å². The second-order valence-corrected chi connectivity index (χ2v) is 3.95. The maximum Gasteiger partial charge on any atom is 0.338 e. The summed E-state index contributed by atoms with van der Waals surface area (Å²) in [5, 5.41) is 9.16. The van der Waals surface area contributed by atoms with E-state index in [0.29, 0.717) is 29.7 Å². The van der Waals surface area contributed by atoms with E-state index < -0.39 is 5.97 Å². The fourth-order valence-electron chi connectivity index (χ4n) is 2.03. The Kier molecular flexibility index (Phi) is 3.06. The summed E-state index contributed by atoms with van der Waals surface area (Å²) in [5.74, 6) is 0.158. The normalized spacial score (nSPS) is 10.6. The molecule has 2 rings (SSSR count). The van der Waals surface area contributed by atoms with Gasteiger partial charge in [-0.05, 0) is 31.0 Å². The third kappa shape index (κ3) is 1.84. The first-order chi connectivity index (χ1) is 8.58. The van der Waals surface area contributed by atoms with Crippen LogP contribution in [0.15, 0.2) is 16.5 Å². The van der Waals surface area contributed by atoms with Gasteiger partial charge in [-0.3, -0.25) is 4.79 Å². The number of aromatic carboxylic acids is 1. The summed E-state index contributed by atoms with van der Waals surface area (Å²) in [6.07, 6.45) is 1.02. The van der Waals surface area contributed by atoms with Gasteiger partial charge in [0.1, 0.15) is 5.76 Å². The van der Waals surface area contributed by atoms with Crippen molar-refractivity contribution >= 4 is 12.3 Å². The summed E-state index contributed by atoms with van der Waals surface area (Å²) in [4.78, 5) is 24.9. The van der Waals surface area contributed by atoms with Crippen LogP contribution in [-0.4, -0.2) is 22.3 Å². The molecule has 0 fully saturated rings. The number of hydrogen-bond donors (Lipinski definition) is 2. The van der Waals surface area contributed by atoms with Gasteiger partial charge in [0.15, 0.2) is 12.0 Å². The number of aromatic amines is 1. The fourth-order valence-corrected chi connectivity index (χ4v) is 2.03. The van der Waals surface area contributed by atoms with Crippen LogP contribution in [0.4, 0.5) is 0 Å². The summed E-state index contributed by atoms with van der Waals surface area (Å²) in [5.41, 5.74) is 1.24. The van der Waals surface area contributed by atoms with Crippen LogP contribution in [0.5, 0.6) is 0 Å². The minimum absolute atomic E-state index is 0.0246. The van der Waals surface area contributed by atoms with Gasteiger partial charge >= 0.3 is 5.97 Å². The Hall–Kier alpha value is -2.30. The van der Waals surface area contributed by atoms with Crippen molar-refractivity contribution in [1.82, 2.24) is 4.98 Å². The van der Waals surface area contributed by atoms with Crippen LogP contribution < -0.4 is 0 Å². The number of aromatic nitrogens is 1. The lowest BCUT2D eigenvalue weighted by atomic mass is 10.1. The van der Waals surface area contributed by atoms with Crippen molar-refractivity contribution in [3.8, 4) is 11.5 Å². The summed E-state index contributed by atoms with van der Waals surface area (Å²) >= 11 is 0. The van der Waals surface area contributed by atoms with Crippen molar-refractivity contribution in [2.75, 3.05) is 0 Å². The molecule has 2 aromatic rings. The fraction of sp³-hybridized carbons (Fsp3) is 0.231. The highest BCUT2D eigenvalue weighted by molar-refractivity contribution is 6.00. The van der Waals surface area contributed by atoms with Crippen molar-refractivity contribution in [2.45, 2.75) is 20.3 Å². The first-order valence-corrected chi connectivity index (χ1v) is 5.58. The molecule has 0 amide bonds. The van der Waals surface area contributed by atoms with Gasteiger partial charge in [-0.25, -0.2) is 4.79 Å². The van der Waals surface area contributed by atoms with E-state index in [1.807, 2.05) is 6.92 Å². The zero-order valence-corrected chi connectivity index (χ0v) is 10.1. The molecule has 0 aliphatic carbocycles. The molecule has 2 N–H and O–H groups in total. The Labute approximate surface area is 103 Å². The van der Waals surface area contributed by atoms with Crippen LogP contribution in [0.2, 0.25) is 0 Å². The monoisotopic (exact) mass is 247 g/mol. The number of nitrogens with one attached hydrogen (secondary N) is 1. The molecule has 5 heteroatoms. The molecular formula is C13H13NO4. The molecule has 2 heterocycles. The quantitative estimate of drug-likeness (QED) is 0.813. The number of H-pyrrole nitrogens is 1. The maximum atomic E-state index is 11.2. The Morgan fingerprint density at radius 3 is 2.67 bits per heavy atom. The van der Waals surface area contributed by atoms with E-state index in [4.69, 9.17) is 9.52 Å². The standard InChI is InChI=1S/C13H13NO4/c1-3-8-11(13(16)17)9(6-15)14-12(8)10-5-4-7(2)18-10/h4-6,14H,3H2,1-2H3,(H,16,17). The molecule has 94 valence electrons. The Morgan fingerprint density at radius 1 is 1.50 bits per heavy atom. The van der Waals surface area contributed by atoms with Gasteiger partial charge in [0.2, 0.25) is 0 Å². The molecule has 0 spiro atoms. The van der Waals surface area contributed by atoms with Crippen molar-refractivity contribution in [3.63, 3.8) is 0 Å². The van der Waals surface area contributed by atoms with Gasteiger partial charge in [0, 0.05) is 0 Å². The number of hydrogen-bond acceptors (Lipinski definition) is 3. The predicted molar refractivity (Wildman–Crippen MR) is 65.0 cm³/mol. The number of aryl methyl sites for hydroxylation is 1. The van der Waals surface area contributed by atoms with Crippen LogP contribution in [-0.2, 0) is 6.42 Å². The Bertz CT molecular complexity index is 607. The van der Waals surface area contributed by atoms with E-state index in [0.717, 1.165) is 5.76 Å². The van der Waals surface area contributed by atoms with E-state index in [1.54, 1.807) is 19.1 Å². The van der Waals surface area contributed by atoms with E-state index in [1.165, 1.54) is 0 Å². The number of carboxylic acids is 1. The molecule has 0 aliphatic heterocycles. The zero-order valence-electron chi connectivity index (χ0n) is 10.1. The molecule has 0 aromatic carbocycles. The average Bonchev–Trinajstić information content (AvgIpc) is 2.91. The van der Waals surface area contributed by atoms with Gasteiger partial charge in [-0.1, -0.05) is 6.92 Å². The smallest absolute Gasteiger partial charge is 0.338 e. The predicted octanol–water partition coefficient (Wildman–Crippen LogP) is 2.66. The van der Waals surface area contributed by atoms with E-state index in [2.05, 4.69) is 4.98 Å². The second-order valence-electron chi connectivity index (χ2n) is 3.95. The number of furan rings is 1. The van der Waals surface area contributed by atoms with Gasteiger partial charge < -0.3 is 14.5 Å². The molecule has 0 atom stereocenters. The van der Waals surface area contributed by atoms with Crippen molar-refractivity contribution < 1.29 is 19.1 Å². The third-order valence-electron chi connectivity index (χ3n) is 2.80. The van der Waals surface area contributed by atoms with Crippen LogP contribution in [0.25, 0.3) is 11.5 Å². The number of rotatable bonds is 4. The van der Waals surface area contributed by atoms with Crippen LogP contribution in [0.3, 0.4) is 0 Å². The SMILES string of the molecule is CCc1c(-c2ccc(C)o2)[nH]c(C=O)c1C(=O)O. The highest BCUT2D eigenvalue weighted by Gasteiger charge is 2.23. The molecule has 5 nitrogen and oxygen atoms in total. The largest absolute Gasteiger partial charge is 0.478 e.